The van der Waals surface area contributed by atoms with Crippen LogP contribution in [0.3, 0.4) is 0 Å². The number of imide groups is 1. The van der Waals surface area contributed by atoms with Crippen molar-refractivity contribution in [2.75, 3.05) is 23.4 Å². The average Bonchev–Trinajstić information content (AvgIpc) is 2.71. The van der Waals surface area contributed by atoms with Gasteiger partial charge < -0.3 is 15.5 Å². The van der Waals surface area contributed by atoms with Crippen molar-refractivity contribution in [2.45, 2.75) is 0 Å². The lowest BCUT2D eigenvalue weighted by Gasteiger charge is -2.28. The molecule has 3 aromatic rings. The fourth-order valence-corrected chi connectivity index (χ4v) is 3.45. The molecule has 0 radical (unpaired) electrons. The zero-order valence-corrected chi connectivity index (χ0v) is 14.7. The molecule has 7 heteroatoms. The number of anilines is 2. The third kappa shape index (κ3) is 2.69. The molecule has 28 heavy (non-hydrogen) atoms. The van der Waals surface area contributed by atoms with E-state index in [1.165, 1.54) is 24.3 Å². The summed E-state index contributed by atoms with van der Waals surface area (Å²) in [4.78, 5) is 38.5. The van der Waals surface area contributed by atoms with Crippen LogP contribution >= 0.6 is 0 Å². The van der Waals surface area contributed by atoms with Gasteiger partial charge in [-0.3, -0.25) is 9.59 Å². The predicted molar refractivity (Wildman–Crippen MR) is 104 cm³/mol. The maximum Gasteiger partial charge on any atom is 0.335 e. The second-order valence-corrected chi connectivity index (χ2v) is 6.34. The highest BCUT2D eigenvalue weighted by atomic mass is 16.4. The van der Waals surface area contributed by atoms with Crippen molar-refractivity contribution in [1.82, 2.24) is 0 Å². The zero-order chi connectivity index (χ0) is 19.8. The maximum atomic E-state index is 13.1. The lowest BCUT2D eigenvalue weighted by molar-refractivity contribution is 0.0695. The molecule has 0 aliphatic carbocycles. The van der Waals surface area contributed by atoms with Crippen LogP contribution in [-0.2, 0) is 0 Å². The van der Waals surface area contributed by atoms with Crippen LogP contribution in [0.4, 0.5) is 11.4 Å². The van der Waals surface area contributed by atoms with E-state index in [1.807, 2.05) is 6.07 Å². The molecule has 2 amide bonds. The Kier molecular flexibility index (Phi) is 4.29. The molecule has 3 N–H and O–H groups in total. The molecule has 0 spiro atoms. The lowest BCUT2D eigenvalue weighted by Crippen LogP contribution is -2.40. The number of nitrogens with zero attached hydrogens (tertiary/aromatic N) is 1. The Labute approximate surface area is 159 Å². The van der Waals surface area contributed by atoms with E-state index in [4.69, 9.17) is 5.11 Å². The largest absolute Gasteiger partial charge is 0.478 e. The maximum absolute atomic E-state index is 13.1. The van der Waals surface area contributed by atoms with E-state index in [2.05, 4.69) is 5.32 Å². The summed E-state index contributed by atoms with van der Waals surface area (Å²) in [7, 11) is 0. The number of carboxylic acids is 1. The highest BCUT2D eigenvalue weighted by Gasteiger charge is 2.34. The van der Waals surface area contributed by atoms with Crippen LogP contribution < -0.4 is 10.2 Å². The highest BCUT2D eigenvalue weighted by molar-refractivity contribution is 6.36. The molecule has 0 atom stereocenters. The Balaban J connectivity index is 1.88. The van der Waals surface area contributed by atoms with Gasteiger partial charge in [0.15, 0.2) is 0 Å². The highest BCUT2D eigenvalue weighted by Crippen LogP contribution is 2.36. The van der Waals surface area contributed by atoms with Crippen molar-refractivity contribution < 1.29 is 24.6 Å². The molecule has 140 valence electrons. The number of rotatable bonds is 5. The molecule has 1 aliphatic rings. The average molecular weight is 376 g/mol. The van der Waals surface area contributed by atoms with E-state index < -0.39 is 17.8 Å². The molecular formula is C21H16N2O5. The second-order valence-electron chi connectivity index (χ2n) is 6.34. The normalized spacial score (nSPS) is 13.1. The minimum Gasteiger partial charge on any atom is -0.478 e. The molecule has 3 aromatic carbocycles. The first kappa shape index (κ1) is 17.7. The number of carbonyl (C=O) groups is 3. The molecular weight excluding hydrogens is 360 g/mol. The summed E-state index contributed by atoms with van der Waals surface area (Å²) in [5.74, 6) is -2.16. The Morgan fingerprint density at radius 1 is 0.964 bits per heavy atom. The van der Waals surface area contributed by atoms with Gasteiger partial charge in [-0.1, -0.05) is 18.2 Å². The monoisotopic (exact) mass is 376 g/mol. The number of hydrogen-bond donors (Lipinski definition) is 3. The molecule has 0 unspecified atom stereocenters. The van der Waals surface area contributed by atoms with Crippen molar-refractivity contribution in [2.24, 2.45) is 0 Å². The van der Waals surface area contributed by atoms with Gasteiger partial charge in [0.1, 0.15) is 0 Å². The van der Waals surface area contributed by atoms with Gasteiger partial charge in [0, 0.05) is 34.1 Å². The fourth-order valence-electron chi connectivity index (χ4n) is 3.45. The van der Waals surface area contributed by atoms with E-state index in [9.17, 15) is 19.5 Å². The molecule has 0 fully saturated rings. The van der Waals surface area contributed by atoms with Gasteiger partial charge in [0.2, 0.25) is 0 Å². The van der Waals surface area contributed by atoms with Crippen molar-refractivity contribution in [3.05, 3.63) is 71.3 Å². The Bertz CT molecular complexity index is 1120. The minimum absolute atomic E-state index is 0.00865. The molecule has 0 saturated heterocycles. The van der Waals surface area contributed by atoms with Crippen LogP contribution in [0, 0.1) is 0 Å². The number of aromatic carboxylic acids is 1. The molecule has 0 saturated carbocycles. The first-order valence-electron chi connectivity index (χ1n) is 8.65. The van der Waals surface area contributed by atoms with Gasteiger partial charge in [0.25, 0.3) is 11.8 Å². The third-order valence-electron chi connectivity index (χ3n) is 4.69. The summed E-state index contributed by atoms with van der Waals surface area (Å²) < 4.78 is 0. The number of nitrogens with one attached hydrogen (secondary N) is 1. The number of aliphatic hydroxyl groups excluding tert-OH is 1. The fraction of sp³-hybridized carbons (Fsp3) is 0.0952. The van der Waals surface area contributed by atoms with Crippen LogP contribution in [0.5, 0.6) is 0 Å². The molecule has 1 heterocycles. The van der Waals surface area contributed by atoms with Crippen molar-refractivity contribution in [3.8, 4) is 0 Å². The predicted octanol–water partition coefficient (Wildman–Crippen LogP) is 2.74. The third-order valence-corrected chi connectivity index (χ3v) is 4.69. The first-order chi connectivity index (χ1) is 13.5. The van der Waals surface area contributed by atoms with E-state index in [1.54, 1.807) is 24.3 Å². The number of benzene rings is 3. The van der Waals surface area contributed by atoms with Gasteiger partial charge in [-0.2, -0.15) is 0 Å². The van der Waals surface area contributed by atoms with Crippen LogP contribution in [0.15, 0.2) is 54.6 Å². The molecule has 0 aromatic heterocycles. The summed E-state index contributed by atoms with van der Waals surface area (Å²) in [6.45, 7) is 0.295. The summed E-state index contributed by atoms with van der Waals surface area (Å²) in [6.07, 6.45) is 0. The smallest absolute Gasteiger partial charge is 0.335 e. The Morgan fingerprint density at radius 2 is 1.68 bits per heavy atom. The standard InChI is InChI=1S/C21H16N2O5/c24-10-9-22-17-8-7-16-18-14(17)5-2-6-15(18)19(25)23(20(16)26)13-4-1-3-12(11-13)21(27)28/h1-8,11,22,24H,9-10H2,(H,27,28). The minimum atomic E-state index is -1.14. The van der Waals surface area contributed by atoms with Crippen molar-refractivity contribution in [1.29, 1.82) is 0 Å². The summed E-state index contributed by atoms with van der Waals surface area (Å²) in [5.41, 5.74) is 1.64. The van der Waals surface area contributed by atoms with E-state index >= 15 is 0 Å². The van der Waals surface area contributed by atoms with E-state index in [-0.39, 0.29) is 17.9 Å². The first-order valence-corrected chi connectivity index (χ1v) is 8.65. The number of aliphatic hydroxyl groups is 1. The molecule has 0 bridgehead atoms. The Morgan fingerprint density at radius 3 is 2.39 bits per heavy atom. The van der Waals surface area contributed by atoms with Crippen molar-refractivity contribution in [3.63, 3.8) is 0 Å². The van der Waals surface area contributed by atoms with Gasteiger partial charge in [0.05, 0.1) is 17.9 Å². The van der Waals surface area contributed by atoms with Crippen LogP contribution in [-0.4, -0.2) is 41.1 Å². The van der Waals surface area contributed by atoms with Crippen LogP contribution in [0.1, 0.15) is 31.1 Å². The Hall–Kier alpha value is -3.71. The molecule has 7 nitrogen and oxygen atoms in total. The number of carboxylic acid groups (broad SMARTS) is 1. The molecule has 4 rings (SSSR count). The van der Waals surface area contributed by atoms with Gasteiger partial charge in [-0.25, -0.2) is 9.69 Å². The summed E-state index contributed by atoms with van der Waals surface area (Å²) in [6, 6.07) is 14.3. The second kappa shape index (κ2) is 6.79. The van der Waals surface area contributed by atoms with Crippen molar-refractivity contribution >= 4 is 39.9 Å². The van der Waals surface area contributed by atoms with Crippen LogP contribution in [0.25, 0.3) is 10.8 Å². The quantitative estimate of drug-likeness (QED) is 0.591. The topological polar surface area (TPSA) is 107 Å². The van der Waals surface area contributed by atoms with Crippen LogP contribution in [0.2, 0.25) is 0 Å². The van der Waals surface area contributed by atoms with Gasteiger partial charge in [-0.05, 0) is 36.4 Å². The van der Waals surface area contributed by atoms with Gasteiger partial charge >= 0.3 is 5.97 Å². The molecule has 1 aliphatic heterocycles. The number of carbonyl (C=O) groups excluding carboxylic acids is 2. The van der Waals surface area contributed by atoms with Gasteiger partial charge in [-0.15, -0.1) is 0 Å². The summed E-state index contributed by atoms with van der Waals surface area (Å²) >= 11 is 0. The van der Waals surface area contributed by atoms with E-state index in [0.717, 1.165) is 10.6 Å². The SMILES string of the molecule is O=C(O)c1cccc(N2C(=O)c3cccc4c(NCCO)ccc(c34)C2=O)c1. The summed E-state index contributed by atoms with van der Waals surface area (Å²) in [5, 5.41) is 22.6. The number of hydrogen-bond acceptors (Lipinski definition) is 5. The lowest BCUT2D eigenvalue weighted by atomic mass is 9.92. The zero-order valence-electron chi connectivity index (χ0n) is 14.7. The van der Waals surface area contributed by atoms with E-state index in [0.29, 0.717) is 28.4 Å². The number of amides is 2.